The first-order chi connectivity index (χ1) is 51.9. The Bertz CT molecular complexity index is 6650. The van der Waals surface area contributed by atoms with Gasteiger partial charge in [-0.05, 0) is 232 Å². The van der Waals surface area contributed by atoms with E-state index < -0.39 is 0 Å². The number of aromatic nitrogens is 2. The van der Waals surface area contributed by atoms with E-state index in [2.05, 4.69) is 409 Å². The van der Waals surface area contributed by atoms with Crippen LogP contribution in [-0.4, -0.2) is 9.13 Å². The molecule has 0 bridgehead atoms. The highest BCUT2D eigenvalue weighted by Crippen LogP contribution is 2.54. The Labute approximate surface area is 610 Å². The number of nitrogens with zero attached hydrogens (tertiary/aromatic N) is 4. The summed E-state index contributed by atoms with van der Waals surface area (Å²) in [5.41, 5.74) is 34.6. The minimum absolute atomic E-state index is 0.0700. The van der Waals surface area contributed by atoms with Gasteiger partial charge < -0.3 is 18.9 Å². The fraction of sp³-hybridized carbons (Fsp3) is 0.0297. The van der Waals surface area contributed by atoms with E-state index in [1.807, 2.05) is 0 Å². The van der Waals surface area contributed by atoms with Crippen LogP contribution >= 0.6 is 0 Å². The smallest absolute Gasteiger partial charge is 0.0547 e. The molecule has 4 nitrogen and oxygen atoms in total. The zero-order valence-corrected chi connectivity index (χ0v) is 58.1. The highest BCUT2D eigenvalue weighted by Gasteiger charge is 2.36. The predicted molar refractivity (Wildman–Crippen MR) is 443 cm³/mol. The summed E-state index contributed by atoms with van der Waals surface area (Å²) in [6, 6.07) is 138. The second-order valence-corrected chi connectivity index (χ2v) is 28.7. The number of rotatable bonds is 10. The van der Waals surface area contributed by atoms with Crippen LogP contribution in [0.3, 0.4) is 0 Å². The zero-order valence-electron chi connectivity index (χ0n) is 58.1. The molecule has 4 heteroatoms. The van der Waals surface area contributed by atoms with Gasteiger partial charge in [-0.1, -0.05) is 269 Å². The highest BCUT2D eigenvalue weighted by molar-refractivity contribution is 6.32. The molecule has 0 aliphatic heterocycles. The summed E-state index contributed by atoms with van der Waals surface area (Å²) in [6.45, 7) is 4.70. The second kappa shape index (κ2) is 23.8. The molecule has 0 saturated carbocycles. The van der Waals surface area contributed by atoms with E-state index in [-0.39, 0.29) is 5.41 Å². The lowest BCUT2D eigenvalue weighted by Crippen LogP contribution is -2.16. The molecule has 0 unspecified atom stereocenters. The number of hydrogen-bond donors (Lipinski definition) is 0. The molecule has 492 valence electrons. The van der Waals surface area contributed by atoms with Crippen LogP contribution in [-0.2, 0) is 5.41 Å². The fourth-order valence-electron chi connectivity index (χ4n) is 17.9. The third kappa shape index (κ3) is 9.40. The summed E-state index contributed by atoms with van der Waals surface area (Å²) < 4.78 is 4.90. The largest absolute Gasteiger partial charge is 0.311 e. The molecule has 19 aromatic rings. The van der Waals surface area contributed by atoms with Gasteiger partial charge in [-0.25, -0.2) is 0 Å². The molecule has 0 radical (unpaired) electrons. The number of para-hydroxylation sites is 3. The molecule has 0 amide bonds. The van der Waals surface area contributed by atoms with Crippen LogP contribution in [0.1, 0.15) is 25.0 Å². The molecule has 3 aliphatic carbocycles. The van der Waals surface area contributed by atoms with Gasteiger partial charge in [0, 0.05) is 72.5 Å². The maximum atomic E-state index is 2.46. The Morgan fingerprint density at radius 1 is 0.200 bits per heavy atom. The van der Waals surface area contributed by atoms with Crippen molar-refractivity contribution in [3.8, 4) is 89.3 Å². The summed E-state index contributed by atoms with van der Waals surface area (Å²) in [4.78, 5) is 4.68. The van der Waals surface area contributed by atoms with Crippen molar-refractivity contribution in [3.63, 3.8) is 0 Å². The van der Waals surface area contributed by atoms with Crippen molar-refractivity contribution in [1.82, 2.24) is 9.13 Å². The van der Waals surface area contributed by atoms with E-state index in [0.717, 1.165) is 45.5 Å². The second-order valence-electron chi connectivity index (χ2n) is 28.7. The maximum absolute atomic E-state index is 2.46. The average Bonchev–Trinajstić information content (AvgIpc) is 1.56. The summed E-state index contributed by atoms with van der Waals surface area (Å²) in [5, 5.41) is 10.6. The first kappa shape index (κ1) is 60.2. The molecular weight excluding hydrogens is 1270 g/mol. The monoisotopic (exact) mass is 1340 g/mol. The van der Waals surface area contributed by atoms with Crippen molar-refractivity contribution >= 4 is 99.3 Å². The predicted octanol–water partition coefficient (Wildman–Crippen LogP) is 27.7. The topological polar surface area (TPSA) is 16.3 Å². The van der Waals surface area contributed by atoms with Crippen molar-refractivity contribution < 1.29 is 0 Å². The molecule has 0 N–H and O–H groups in total. The van der Waals surface area contributed by atoms with Gasteiger partial charge >= 0.3 is 0 Å². The first-order valence-corrected chi connectivity index (χ1v) is 36.5. The van der Waals surface area contributed by atoms with E-state index in [4.69, 9.17) is 0 Å². The Morgan fingerprint density at radius 2 is 0.505 bits per heavy atom. The molecule has 2 heterocycles. The lowest BCUT2D eigenvalue weighted by molar-refractivity contribution is 0.660. The molecule has 2 aromatic heterocycles. The van der Waals surface area contributed by atoms with E-state index in [1.54, 1.807) is 0 Å². The maximum Gasteiger partial charge on any atom is 0.0547 e. The summed E-state index contributed by atoms with van der Waals surface area (Å²) in [7, 11) is 0. The van der Waals surface area contributed by atoms with E-state index >= 15 is 0 Å². The number of anilines is 6. The summed E-state index contributed by atoms with van der Waals surface area (Å²) in [6.07, 6.45) is 0. The van der Waals surface area contributed by atoms with Crippen molar-refractivity contribution in [1.29, 1.82) is 0 Å². The third-order valence-electron chi connectivity index (χ3n) is 22.6. The standard InChI is InChI=1S/C55H38N2.C46H30N2/c1-55(2)48-20-9-8-17-44(48)45-32-31-41(34-49(45)55)56(38-13-4-3-5-14-38)39-27-22-35(23-28-39)36-24-29-40(30-25-36)57-50-21-11-19-47-43-16-7-6-15-42(43)46-18-10-12-37-26-33-51(57)54(52(37)46)53(47)50;1-3-12-34(13-4-1)47(35-14-5-2-6-15-35)36-26-21-31(22-27-36)32-23-28-37(29-24-32)48-42-20-10-19-41-39-17-8-7-16-38(39)40-18-9-11-33-25-30-43(48)46(44(33)40)45(41)42/h3-34H,1-2H3;1-30H. The van der Waals surface area contributed by atoms with Gasteiger partial charge in [-0.15, -0.1) is 0 Å². The van der Waals surface area contributed by atoms with E-state index in [1.165, 1.54) is 154 Å². The van der Waals surface area contributed by atoms with E-state index in [0.29, 0.717) is 0 Å². The van der Waals surface area contributed by atoms with E-state index in [9.17, 15) is 0 Å². The van der Waals surface area contributed by atoms with Gasteiger partial charge in [0.1, 0.15) is 0 Å². The lowest BCUT2D eigenvalue weighted by atomic mass is 9.82. The summed E-state index contributed by atoms with van der Waals surface area (Å²) >= 11 is 0. The highest BCUT2D eigenvalue weighted by atomic mass is 15.1. The van der Waals surface area contributed by atoms with Gasteiger partial charge in [0.25, 0.3) is 0 Å². The number of hydrogen-bond acceptors (Lipinski definition) is 2. The fourth-order valence-corrected chi connectivity index (χ4v) is 17.9. The molecule has 22 rings (SSSR count). The van der Waals surface area contributed by atoms with Gasteiger partial charge in [0.15, 0.2) is 0 Å². The van der Waals surface area contributed by atoms with Gasteiger partial charge in [-0.3, -0.25) is 0 Å². The molecular formula is C101H68N4. The van der Waals surface area contributed by atoms with Crippen molar-refractivity contribution in [3.05, 3.63) is 387 Å². The number of fused-ring (bicyclic) bond motifs is 9. The van der Waals surface area contributed by atoms with Gasteiger partial charge in [-0.2, -0.15) is 0 Å². The van der Waals surface area contributed by atoms with Crippen molar-refractivity contribution in [2.75, 3.05) is 9.80 Å². The van der Waals surface area contributed by atoms with Crippen molar-refractivity contribution in [2.24, 2.45) is 0 Å². The number of benzene rings is 17. The lowest BCUT2D eigenvalue weighted by Gasteiger charge is -2.28. The Hall–Kier alpha value is -13.5. The molecule has 0 fully saturated rings. The van der Waals surface area contributed by atoms with Crippen LogP contribution in [0.25, 0.3) is 154 Å². The van der Waals surface area contributed by atoms with Crippen LogP contribution in [0, 0.1) is 0 Å². The van der Waals surface area contributed by atoms with Gasteiger partial charge in [0.05, 0.1) is 22.1 Å². The van der Waals surface area contributed by atoms with Crippen LogP contribution in [0.4, 0.5) is 34.1 Å². The van der Waals surface area contributed by atoms with Crippen LogP contribution in [0.15, 0.2) is 376 Å². The van der Waals surface area contributed by atoms with Crippen LogP contribution in [0.2, 0.25) is 0 Å². The average molecular weight is 1340 g/mol. The third-order valence-corrected chi connectivity index (χ3v) is 22.6. The van der Waals surface area contributed by atoms with Crippen LogP contribution in [0.5, 0.6) is 0 Å². The molecule has 0 atom stereocenters. The summed E-state index contributed by atoms with van der Waals surface area (Å²) in [5.74, 6) is 0. The minimum atomic E-state index is -0.0700. The normalized spacial score (nSPS) is 12.6. The molecule has 17 aromatic carbocycles. The molecule has 3 aliphatic rings. The zero-order chi connectivity index (χ0) is 69.4. The first-order valence-electron chi connectivity index (χ1n) is 36.5. The molecule has 0 spiro atoms. The Balaban J connectivity index is 0.000000137. The Morgan fingerprint density at radius 3 is 0.924 bits per heavy atom. The van der Waals surface area contributed by atoms with Crippen LogP contribution < -0.4 is 9.80 Å². The quantitative estimate of drug-likeness (QED) is 0.136. The Kier molecular flexibility index (Phi) is 13.6. The van der Waals surface area contributed by atoms with Crippen molar-refractivity contribution in [2.45, 2.75) is 19.3 Å². The SMILES string of the molecule is CC1(C)c2ccccc2-c2ccc(N(c3ccccc3)c3ccc(-c4ccc(-n5c6cccc7c6c6c8c(cccc8ccc65)-c5ccccc5-7)cc4)cc3)cc21.c1ccc(N(c2ccccc2)c2ccc(-c3ccc(-n4c5cccc6c5c5c7c(cccc7ccc54)-c4ccccc4-6)cc3)cc2)cc1. The molecule has 0 saturated heterocycles. The van der Waals surface area contributed by atoms with Gasteiger partial charge in [0.2, 0.25) is 0 Å². The minimum Gasteiger partial charge on any atom is -0.311 e. The molecule has 105 heavy (non-hydrogen) atoms.